The van der Waals surface area contributed by atoms with E-state index in [4.69, 9.17) is 9.47 Å². The molecule has 0 aliphatic carbocycles. The van der Waals surface area contributed by atoms with Gasteiger partial charge in [-0.2, -0.15) is 5.10 Å². The van der Waals surface area contributed by atoms with Crippen molar-refractivity contribution in [2.45, 2.75) is 32.9 Å². The Morgan fingerprint density at radius 1 is 1.30 bits per heavy atom. The highest BCUT2D eigenvalue weighted by Crippen LogP contribution is 2.32. The Balaban J connectivity index is 2.36. The van der Waals surface area contributed by atoms with Crippen molar-refractivity contribution < 1.29 is 24.2 Å². The predicted molar refractivity (Wildman–Crippen MR) is 98.1 cm³/mol. The molecule has 1 amide bonds. The summed E-state index contributed by atoms with van der Waals surface area (Å²) in [6.07, 6.45) is 2.03. The smallest absolute Gasteiger partial charge is 0.326 e. The number of aromatic nitrogens is 2. The van der Waals surface area contributed by atoms with E-state index in [1.165, 1.54) is 20.4 Å². The molecule has 146 valence electrons. The van der Waals surface area contributed by atoms with Crippen LogP contribution in [0.1, 0.15) is 20.3 Å². The number of nitrogens with zero attached hydrogens (tertiary/aromatic N) is 2. The van der Waals surface area contributed by atoms with Crippen molar-refractivity contribution in [3.05, 3.63) is 28.7 Å². The van der Waals surface area contributed by atoms with Crippen molar-refractivity contribution in [3.63, 3.8) is 0 Å². The Bertz CT molecular complexity index is 908. The third kappa shape index (κ3) is 4.18. The number of aliphatic carboxylic acids is 1. The normalized spacial score (nSPS) is 13.0. The highest BCUT2D eigenvalue weighted by molar-refractivity contribution is 5.89. The van der Waals surface area contributed by atoms with E-state index >= 15 is 0 Å². The summed E-state index contributed by atoms with van der Waals surface area (Å²) in [6, 6.07) is 2.29. The van der Waals surface area contributed by atoms with Gasteiger partial charge in [0.15, 0.2) is 11.5 Å². The van der Waals surface area contributed by atoms with Gasteiger partial charge >= 0.3 is 5.97 Å². The molecular weight excluding hydrogens is 354 g/mol. The predicted octanol–water partition coefficient (Wildman–Crippen LogP) is 1.03. The summed E-state index contributed by atoms with van der Waals surface area (Å²) in [5, 5.41) is 16.5. The van der Waals surface area contributed by atoms with Gasteiger partial charge in [0.1, 0.15) is 12.6 Å². The number of hydrogen-bond acceptors (Lipinski definition) is 6. The van der Waals surface area contributed by atoms with Gasteiger partial charge in [-0.1, -0.05) is 20.3 Å². The van der Waals surface area contributed by atoms with Gasteiger partial charge in [-0.05, 0) is 18.1 Å². The molecule has 27 heavy (non-hydrogen) atoms. The first-order valence-electron chi connectivity index (χ1n) is 8.47. The summed E-state index contributed by atoms with van der Waals surface area (Å²) in [7, 11) is 2.87. The fourth-order valence-corrected chi connectivity index (χ4v) is 2.73. The van der Waals surface area contributed by atoms with Gasteiger partial charge in [0, 0.05) is 5.39 Å². The van der Waals surface area contributed by atoms with Crippen LogP contribution in [0.4, 0.5) is 0 Å². The van der Waals surface area contributed by atoms with Gasteiger partial charge in [0.05, 0.1) is 25.8 Å². The average molecular weight is 377 g/mol. The molecule has 9 heteroatoms. The Morgan fingerprint density at radius 2 is 2.00 bits per heavy atom. The van der Waals surface area contributed by atoms with Crippen molar-refractivity contribution in [1.82, 2.24) is 15.1 Å². The second-order valence-electron chi connectivity index (χ2n) is 6.14. The molecule has 0 aliphatic heterocycles. The molecule has 0 fully saturated rings. The molecule has 2 atom stereocenters. The van der Waals surface area contributed by atoms with Crippen LogP contribution >= 0.6 is 0 Å². The van der Waals surface area contributed by atoms with Crippen LogP contribution in [-0.2, 0) is 16.1 Å². The molecular formula is C18H23N3O6. The quantitative estimate of drug-likeness (QED) is 0.705. The summed E-state index contributed by atoms with van der Waals surface area (Å²) in [5.41, 5.74) is -0.534. The fourth-order valence-electron chi connectivity index (χ4n) is 2.73. The minimum atomic E-state index is -1.12. The number of nitrogens with one attached hydrogen (secondary N) is 1. The van der Waals surface area contributed by atoms with E-state index in [9.17, 15) is 19.5 Å². The third-order valence-electron chi connectivity index (χ3n) is 4.45. The summed E-state index contributed by atoms with van der Waals surface area (Å²) < 4.78 is 11.5. The molecule has 0 radical (unpaired) electrons. The third-order valence-corrected chi connectivity index (χ3v) is 4.45. The van der Waals surface area contributed by atoms with Crippen molar-refractivity contribution >= 4 is 22.6 Å². The number of benzene rings is 1. The summed E-state index contributed by atoms with van der Waals surface area (Å²) in [5.74, 6) is -1.36. The summed E-state index contributed by atoms with van der Waals surface area (Å²) in [6.45, 7) is 3.16. The van der Waals surface area contributed by atoms with E-state index in [1.807, 2.05) is 6.92 Å². The summed E-state index contributed by atoms with van der Waals surface area (Å²) >= 11 is 0. The van der Waals surface area contributed by atoms with Gasteiger partial charge in [-0.15, -0.1) is 0 Å². The standard InChI is InChI=1S/C18H23N3O6/c1-5-10(2)15(18(24)25)20-13(22)9-21-17(23)14-11(8-19-21)6-7-12(26-3)16(14)27-4/h6-8,10,15H,5,9H2,1-4H3,(H,20,22)(H,24,25)/t10-,15-/m1/s1. The number of carboxylic acids is 1. The van der Waals surface area contributed by atoms with Gasteiger partial charge in [-0.25, -0.2) is 9.48 Å². The fraction of sp³-hybridized carbons (Fsp3) is 0.444. The molecule has 0 spiro atoms. The Kier molecular flexibility index (Phi) is 6.38. The molecule has 1 aromatic carbocycles. The van der Waals surface area contributed by atoms with Crippen molar-refractivity contribution in [1.29, 1.82) is 0 Å². The topological polar surface area (TPSA) is 120 Å². The number of methoxy groups -OCH3 is 2. The Hall–Kier alpha value is -3.10. The number of carbonyl (C=O) groups is 2. The van der Waals surface area contributed by atoms with E-state index in [0.29, 0.717) is 17.6 Å². The van der Waals surface area contributed by atoms with Crippen LogP contribution in [0.15, 0.2) is 23.1 Å². The minimum absolute atomic E-state index is 0.233. The highest BCUT2D eigenvalue weighted by atomic mass is 16.5. The van der Waals surface area contributed by atoms with E-state index in [-0.39, 0.29) is 17.1 Å². The van der Waals surface area contributed by atoms with Crippen LogP contribution in [0.5, 0.6) is 11.5 Å². The largest absolute Gasteiger partial charge is 0.493 e. The number of ether oxygens (including phenoxy) is 2. The van der Waals surface area contributed by atoms with Gasteiger partial charge in [0.2, 0.25) is 5.91 Å². The van der Waals surface area contributed by atoms with Gasteiger partial charge < -0.3 is 19.9 Å². The van der Waals surface area contributed by atoms with Gasteiger partial charge in [0.25, 0.3) is 5.56 Å². The monoisotopic (exact) mass is 377 g/mol. The number of carbonyl (C=O) groups excluding carboxylic acids is 1. The number of amides is 1. The molecule has 0 aliphatic rings. The van der Waals surface area contributed by atoms with E-state index in [0.717, 1.165) is 4.68 Å². The SMILES string of the molecule is CC[C@@H](C)[C@@H](NC(=O)Cn1ncc2ccc(OC)c(OC)c2c1=O)C(=O)O. The lowest BCUT2D eigenvalue weighted by Crippen LogP contribution is -2.47. The second kappa shape index (κ2) is 8.52. The molecule has 1 heterocycles. The molecule has 9 nitrogen and oxygen atoms in total. The summed E-state index contributed by atoms with van der Waals surface area (Å²) in [4.78, 5) is 36.4. The maximum absolute atomic E-state index is 12.8. The highest BCUT2D eigenvalue weighted by Gasteiger charge is 2.25. The van der Waals surface area contributed by atoms with E-state index < -0.39 is 30.0 Å². The molecule has 2 N–H and O–H groups in total. The lowest BCUT2D eigenvalue weighted by atomic mass is 9.99. The molecule has 1 aromatic heterocycles. The van der Waals surface area contributed by atoms with E-state index in [1.54, 1.807) is 19.1 Å². The Labute approximate surface area is 155 Å². The van der Waals surface area contributed by atoms with Crippen LogP contribution in [0.25, 0.3) is 10.8 Å². The van der Waals surface area contributed by atoms with Crippen LogP contribution in [0, 0.1) is 5.92 Å². The first-order chi connectivity index (χ1) is 12.8. The van der Waals surface area contributed by atoms with Crippen LogP contribution in [0.3, 0.4) is 0 Å². The minimum Gasteiger partial charge on any atom is -0.493 e. The number of fused-ring (bicyclic) bond motifs is 1. The second-order valence-corrected chi connectivity index (χ2v) is 6.14. The molecule has 2 aromatic rings. The van der Waals surface area contributed by atoms with Gasteiger partial charge in [-0.3, -0.25) is 9.59 Å². The maximum atomic E-state index is 12.8. The molecule has 0 unspecified atom stereocenters. The first kappa shape index (κ1) is 20.2. The zero-order chi connectivity index (χ0) is 20.1. The molecule has 0 saturated heterocycles. The zero-order valence-corrected chi connectivity index (χ0v) is 15.7. The molecule has 0 saturated carbocycles. The van der Waals surface area contributed by atoms with Crippen LogP contribution in [0.2, 0.25) is 0 Å². The average Bonchev–Trinajstić information content (AvgIpc) is 2.66. The lowest BCUT2D eigenvalue weighted by molar-refractivity contribution is -0.143. The molecule has 2 rings (SSSR count). The number of hydrogen-bond donors (Lipinski definition) is 2. The first-order valence-corrected chi connectivity index (χ1v) is 8.47. The number of rotatable bonds is 8. The van der Waals surface area contributed by atoms with Crippen LogP contribution < -0.4 is 20.3 Å². The van der Waals surface area contributed by atoms with E-state index in [2.05, 4.69) is 10.4 Å². The lowest BCUT2D eigenvalue weighted by Gasteiger charge is -2.20. The van der Waals surface area contributed by atoms with Crippen molar-refractivity contribution in [2.24, 2.45) is 5.92 Å². The van der Waals surface area contributed by atoms with Crippen molar-refractivity contribution in [2.75, 3.05) is 14.2 Å². The number of carboxylic acid groups (broad SMARTS) is 1. The van der Waals surface area contributed by atoms with Crippen LogP contribution in [-0.4, -0.2) is 47.0 Å². The zero-order valence-electron chi connectivity index (χ0n) is 15.7. The molecule has 0 bridgehead atoms. The Morgan fingerprint density at radius 3 is 2.56 bits per heavy atom. The van der Waals surface area contributed by atoms with Crippen molar-refractivity contribution in [3.8, 4) is 11.5 Å². The maximum Gasteiger partial charge on any atom is 0.326 e.